The first-order chi connectivity index (χ1) is 11.5. The number of aromatic nitrogens is 2. The minimum atomic E-state index is -0.410. The molecule has 0 aliphatic carbocycles. The predicted molar refractivity (Wildman–Crippen MR) is 97.0 cm³/mol. The van der Waals surface area contributed by atoms with Crippen LogP contribution >= 0.6 is 22.9 Å². The van der Waals surface area contributed by atoms with Crippen LogP contribution in [0.4, 0.5) is 0 Å². The number of nitrogens with zero attached hydrogens (tertiary/aromatic N) is 2. The third-order valence-corrected chi connectivity index (χ3v) is 4.68. The Morgan fingerprint density at radius 3 is 2.83 bits per heavy atom. The maximum absolute atomic E-state index is 12.8. The van der Waals surface area contributed by atoms with Crippen molar-refractivity contribution in [1.82, 2.24) is 14.7 Å². The van der Waals surface area contributed by atoms with E-state index in [9.17, 15) is 9.59 Å². The summed E-state index contributed by atoms with van der Waals surface area (Å²) >= 11 is 7.58. The quantitative estimate of drug-likeness (QED) is 0.774. The largest absolute Gasteiger partial charge is 0.352 e. The van der Waals surface area contributed by atoms with E-state index in [-0.39, 0.29) is 5.56 Å². The molecule has 0 atom stereocenters. The molecular formula is C17H16ClN3O2S. The summed E-state index contributed by atoms with van der Waals surface area (Å²) in [5, 5.41) is 5.11. The zero-order valence-electron chi connectivity index (χ0n) is 13.2. The van der Waals surface area contributed by atoms with Gasteiger partial charge in [0.15, 0.2) is 4.96 Å². The second-order valence-electron chi connectivity index (χ2n) is 5.80. The van der Waals surface area contributed by atoms with Crippen molar-refractivity contribution in [3.05, 3.63) is 56.8 Å². The Labute approximate surface area is 147 Å². The van der Waals surface area contributed by atoms with Crippen LogP contribution in [-0.2, 0) is 0 Å². The first-order valence-electron chi connectivity index (χ1n) is 7.51. The van der Waals surface area contributed by atoms with Gasteiger partial charge in [0.25, 0.3) is 11.5 Å². The molecule has 3 aromatic rings. The monoisotopic (exact) mass is 361 g/mol. The highest BCUT2D eigenvalue weighted by atomic mass is 35.5. The zero-order chi connectivity index (χ0) is 17.3. The second-order valence-corrected chi connectivity index (χ2v) is 7.04. The molecule has 0 saturated heterocycles. The standard InChI is InChI=1S/C17H16ClN3O2S/c1-10(2)7-19-15(22)12-8-20-17-21(16(12)23)14(9-24-17)11-5-3-4-6-13(11)18/h3-6,8-10H,7H2,1-2H3,(H,19,22). The topological polar surface area (TPSA) is 63.5 Å². The van der Waals surface area contributed by atoms with Gasteiger partial charge in [-0.05, 0) is 12.0 Å². The molecule has 0 fully saturated rings. The van der Waals surface area contributed by atoms with E-state index in [0.717, 1.165) is 5.56 Å². The smallest absolute Gasteiger partial charge is 0.271 e. The van der Waals surface area contributed by atoms with Gasteiger partial charge in [0.2, 0.25) is 0 Å². The van der Waals surface area contributed by atoms with Gasteiger partial charge in [-0.3, -0.25) is 14.0 Å². The van der Waals surface area contributed by atoms with Crippen molar-refractivity contribution in [3.63, 3.8) is 0 Å². The van der Waals surface area contributed by atoms with Crippen molar-refractivity contribution in [2.45, 2.75) is 13.8 Å². The summed E-state index contributed by atoms with van der Waals surface area (Å²) in [5.74, 6) is -0.111. The number of rotatable bonds is 4. The van der Waals surface area contributed by atoms with Crippen molar-refractivity contribution < 1.29 is 4.79 Å². The Balaban J connectivity index is 2.12. The Morgan fingerprint density at radius 1 is 1.38 bits per heavy atom. The third-order valence-electron chi connectivity index (χ3n) is 3.51. The first-order valence-corrected chi connectivity index (χ1v) is 8.77. The lowest BCUT2D eigenvalue weighted by Crippen LogP contribution is -2.33. The molecule has 3 rings (SSSR count). The van der Waals surface area contributed by atoms with Gasteiger partial charge in [0.05, 0.1) is 5.69 Å². The summed E-state index contributed by atoms with van der Waals surface area (Å²) in [6.45, 7) is 4.48. The molecule has 0 bridgehead atoms. The highest BCUT2D eigenvalue weighted by molar-refractivity contribution is 7.15. The summed E-state index contributed by atoms with van der Waals surface area (Å²) in [6.07, 6.45) is 1.33. The molecule has 7 heteroatoms. The van der Waals surface area contributed by atoms with Gasteiger partial charge in [-0.1, -0.05) is 43.6 Å². The minimum absolute atomic E-state index is 0.0276. The number of carbonyl (C=O) groups is 1. The summed E-state index contributed by atoms with van der Waals surface area (Å²) in [5.41, 5.74) is 1.00. The second kappa shape index (κ2) is 6.75. The Morgan fingerprint density at radius 2 is 2.12 bits per heavy atom. The Bertz CT molecular complexity index is 962. The summed E-state index contributed by atoms with van der Waals surface area (Å²) in [6, 6.07) is 7.27. The van der Waals surface area contributed by atoms with Gasteiger partial charge in [0, 0.05) is 28.7 Å². The lowest BCUT2D eigenvalue weighted by atomic mass is 10.1. The van der Waals surface area contributed by atoms with Crippen LogP contribution in [-0.4, -0.2) is 21.8 Å². The number of benzene rings is 1. The van der Waals surface area contributed by atoms with E-state index in [1.807, 2.05) is 37.4 Å². The Hall–Kier alpha value is -2.18. The molecule has 2 aromatic heterocycles. The van der Waals surface area contributed by atoms with Gasteiger partial charge in [-0.25, -0.2) is 4.98 Å². The maximum atomic E-state index is 12.8. The summed E-state index contributed by atoms with van der Waals surface area (Å²) in [7, 11) is 0. The van der Waals surface area contributed by atoms with Crippen molar-refractivity contribution in [2.24, 2.45) is 5.92 Å². The number of hydrogen-bond donors (Lipinski definition) is 1. The molecule has 1 amide bonds. The van der Waals surface area contributed by atoms with E-state index in [1.54, 1.807) is 6.07 Å². The van der Waals surface area contributed by atoms with E-state index in [2.05, 4.69) is 10.3 Å². The molecule has 0 aliphatic heterocycles. The van der Waals surface area contributed by atoms with Crippen molar-refractivity contribution >= 4 is 33.8 Å². The molecule has 1 aromatic carbocycles. The lowest BCUT2D eigenvalue weighted by Gasteiger charge is -2.08. The third kappa shape index (κ3) is 3.07. The van der Waals surface area contributed by atoms with E-state index in [4.69, 9.17) is 11.6 Å². The molecule has 0 saturated carbocycles. The van der Waals surface area contributed by atoms with E-state index < -0.39 is 11.5 Å². The molecular weight excluding hydrogens is 346 g/mol. The fraction of sp³-hybridized carbons (Fsp3) is 0.235. The van der Waals surface area contributed by atoms with E-state index in [0.29, 0.717) is 28.1 Å². The molecule has 0 spiro atoms. The highest BCUT2D eigenvalue weighted by Gasteiger charge is 2.18. The average molecular weight is 362 g/mol. The van der Waals surface area contributed by atoms with Crippen LogP contribution in [0.1, 0.15) is 24.2 Å². The lowest BCUT2D eigenvalue weighted by molar-refractivity contribution is 0.0947. The van der Waals surface area contributed by atoms with Crippen LogP contribution in [0.25, 0.3) is 16.2 Å². The normalized spacial score (nSPS) is 11.2. The highest BCUT2D eigenvalue weighted by Crippen LogP contribution is 2.29. The van der Waals surface area contributed by atoms with Gasteiger partial charge >= 0.3 is 0 Å². The molecule has 0 unspecified atom stereocenters. The van der Waals surface area contributed by atoms with Crippen LogP contribution in [0.15, 0.2) is 40.6 Å². The van der Waals surface area contributed by atoms with E-state index in [1.165, 1.54) is 21.9 Å². The molecule has 124 valence electrons. The number of hydrogen-bond acceptors (Lipinski definition) is 4. The van der Waals surface area contributed by atoms with Crippen molar-refractivity contribution in [1.29, 1.82) is 0 Å². The number of carbonyl (C=O) groups excluding carboxylic acids is 1. The van der Waals surface area contributed by atoms with Gasteiger partial charge < -0.3 is 5.32 Å². The van der Waals surface area contributed by atoms with Crippen molar-refractivity contribution in [2.75, 3.05) is 6.54 Å². The number of nitrogens with one attached hydrogen (secondary N) is 1. The number of halogens is 1. The van der Waals surface area contributed by atoms with Crippen molar-refractivity contribution in [3.8, 4) is 11.3 Å². The molecule has 0 radical (unpaired) electrons. The van der Waals surface area contributed by atoms with Crippen LogP contribution in [0.3, 0.4) is 0 Å². The molecule has 5 nitrogen and oxygen atoms in total. The molecule has 24 heavy (non-hydrogen) atoms. The Kier molecular flexibility index (Phi) is 4.69. The molecule has 0 aliphatic rings. The SMILES string of the molecule is CC(C)CNC(=O)c1cnc2scc(-c3ccccc3Cl)n2c1=O. The molecule has 1 N–H and O–H groups in total. The molecule has 2 heterocycles. The first kappa shape index (κ1) is 16.7. The fourth-order valence-corrected chi connectivity index (χ4v) is 3.38. The maximum Gasteiger partial charge on any atom is 0.271 e. The number of fused-ring (bicyclic) bond motifs is 1. The number of thiazole rings is 1. The summed E-state index contributed by atoms with van der Waals surface area (Å²) < 4.78 is 1.44. The van der Waals surface area contributed by atoms with E-state index >= 15 is 0 Å². The van der Waals surface area contributed by atoms with Gasteiger partial charge in [-0.15, -0.1) is 11.3 Å². The zero-order valence-corrected chi connectivity index (χ0v) is 14.8. The van der Waals surface area contributed by atoms with Crippen LogP contribution in [0.2, 0.25) is 5.02 Å². The van der Waals surface area contributed by atoms with Crippen LogP contribution in [0, 0.1) is 5.92 Å². The van der Waals surface area contributed by atoms with Crippen LogP contribution < -0.4 is 10.9 Å². The average Bonchev–Trinajstić information content (AvgIpc) is 2.98. The number of amides is 1. The van der Waals surface area contributed by atoms with Crippen LogP contribution in [0.5, 0.6) is 0 Å². The fourth-order valence-electron chi connectivity index (χ4n) is 2.30. The van der Waals surface area contributed by atoms with Gasteiger partial charge in [-0.2, -0.15) is 0 Å². The summed E-state index contributed by atoms with van der Waals surface area (Å²) in [4.78, 5) is 29.8. The minimum Gasteiger partial charge on any atom is -0.352 e. The predicted octanol–water partition coefficient (Wildman–Crippen LogP) is 3.46. The van der Waals surface area contributed by atoms with Gasteiger partial charge in [0.1, 0.15) is 5.56 Å².